The first-order valence-corrected chi connectivity index (χ1v) is 5.11. The molecule has 0 bridgehead atoms. The summed E-state index contributed by atoms with van der Waals surface area (Å²) in [6, 6.07) is 0.423. The normalized spacial score (nSPS) is 13.3. The van der Waals surface area contributed by atoms with Crippen LogP contribution in [0.2, 0.25) is 0 Å². The molecule has 0 fully saturated rings. The van der Waals surface area contributed by atoms with Crippen LogP contribution in [0.4, 0.5) is 0 Å². The highest BCUT2D eigenvalue weighted by Gasteiger charge is 2.21. The topological polar surface area (TPSA) is 20.3 Å². The third kappa shape index (κ3) is 3.95. The molecular formula is C12H23NO. The lowest BCUT2D eigenvalue weighted by molar-refractivity contribution is -0.114. The Morgan fingerprint density at radius 3 is 1.93 bits per heavy atom. The van der Waals surface area contributed by atoms with Gasteiger partial charge in [0.2, 0.25) is 0 Å². The fourth-order valence-electron chi connectivity index (χ4n) is 1.17. The monoisotopic (exact) mass is 197 g/mol. The van der Waals surface area contributed by atoms with Crippen LogP contribution in [0.1, 0.15) is 41.5 Å². The molecule has 0 rings (SSSR count). The molecule has 0 saturated heterocycles. The molecule has 0 aliphatic rings. The van der Waals surface area contributed by atoms with Crippen molar-refractivity contribution in [3.8, 4) is 0 Å². The van der Waals surface area contributed by atoms with E-state index in [4.69, 9.17) is 0 Å². The number of hydrogen-bond donors (Lipinski definition) is 0. The highest BCUT2D eigenvalue weighted by Crippen LogP contribution is 2.26. The van der Waals surface area contributed by atoms with E-state index in [2.05, 4.69) is 39.5 Å². The van der Waals surface area contributed by atoms with Crippen LogP contribution in [-0.2, 0) is 4.79 Å². The van der Waals surface area contributed by atoms with Crippen LogP contribution in [0, 0.1) is 5.41 Å². The van der Waals surface area contributed by atoms with E-state index in [0.717, 1.165) is 5.57 Å². The van der Waals surface area contributed by atoms with E-state index in [1.54, 1.807) is 6.92 Å². The molecule has 0 heterocycles. The lowest BCUT2D eigenvalue weighted by atomic mass is 9.85. The van der Waals surface area contributed by atoms with Crippen LogP contribution in [-0.4, -0.2) is 23.8 Å². The fraction of sp³-hybridized carbons (Fsp3) is 0.750. The molecule has 0 aromatic heterocycles. The van der Waals surface area contributed by atoms with Gasteiger partial charge in [0, 0.05) is 24.9 Å². The fourth-order valence-corrected chi connectivity index (χ4v) is 1.17. The van der Waals surface area contributed by atoms with Gasteiger partial charge < -0.3 is 4.90 Å². The molecular weight excluding hydrogens is 174 g/mol. The second-order valence-corrected chi connectivity index (χ2v) is 5.11. The number of carbonyl (C=O) groups is 1. The predicted octanol–water partition coefficient (Wildman–Crippen LogP) is 2.85. The first-order valence-electron chi connectivity index (χ1n) is 5.11. The minimum Gasteiger partial charge on any atom is -0.378 e. The predicted molar refractivity (Wildman–Crippen MR) is 61.1 cm³/mol. The second kappa shape index (κ2) is 4.63. The zero-order valence-electron chi connectivity index (χ0n) is 10.5. The maximum Gasteiger partial charge on any atom is 0.157 e. The van der Waals surface area contributed by atoms with Gasteiger partial charge >= 0.3 is 0 Å². The van der Waals surface area contributed by atoms with Crippen LogP contribution < -0.4 is 0 Å². The van der Waals surface area contributed by atoms with E-state index in [1.807, 2.05) is 13.2 Å². The van der Waals surface area contributed by atoms with Gasteiger partial charge in [0.15, 0.2) is 5.78 Å². The minimum absolute atomic E-state index is 0.0744. The van der Waals surface area contributed by atoms with Crippen molar-refractivity contribution in [3.05, 3.63) is 11.8 Å². The highest BCUT2D eigenvalue weighted by molar-refractivity contribution is 5.94. The van der Waals surface area contributed by atoms with E-state index < -0.39 is 0 Å². The Bertz CT molecular complexity index is 233. The molecule has 0 spiro atoms. The summed E-state index contributed by atoms with van der Waals surface area (Å²) in [7, 11) is 2.00. The van der Waals surface area contributed by atoms with Crippen molar-refractivity contribution in [1.29, 1.82) is 0 Å². The van der Waals surface area contributed by atoms with E-state index in [1.165, 1.54) is 0 Å². The summed E-state index contributed by atoms with van der Waals surface area (Å²) in [5.41, 5.74) is 0.809. The van der Waals surface area contributed by atoms with Gasteiger partial charge in [0.05, 0.1) is 0 Å². The van der Waals surface area contributed by atoms with Crippen molar-refractivity contribution in [3.63, 3.8) is 0 Å². The van der Waals surface area contributed by atoms with Gasteiger partial charge in [-0.3, -0.25) is 4.79 Å². The van der Waals surface area contributed by atoms with Gasteiger partial charge in [0.25, 0.3) is 0 Å². The number of Topliss-reactive ketones (excluding diaryl/α,β-unsaturated/α-hetero) is 1. The molecule has 0 aliphatic carbocycles. The van der Waals surface area contributed by atoms with Crippen molar-refractivity contribution >= 4 is 5.78 Å². The summed E-state index contributed by atoms with van der Waals surface area (Å²) in [5, 5.41) is 0. The first-order chi connectivity index (χ1) is 6.16. The zero-order chi connectivity index (χ0) is 11.5. The largest absolute Gasteiger partial charge is 0.378 e. The maximum atomic E-state index is 11.5. The minimum atomic E-state index is -0.0744. The van der Waals surface area contributed by atoms with Crippen LogP contribution in [0.5, 0.6) is 0 Å². The first kappa shape index (κ1) is 13.2. The summed E-state index contributed by atoms with van der Waals surface area (Å²) in [6.45, 7) is 12.0. The van der Waals surface area contributed by atoms with Crippen LogP contribution >= 0.6 is 0 Å². The zero-order valence-corrected chi connectivity index (χ0v) is 10.5. The van der Waals surface area contributed by atoms with E-state index in [0.29, 0.717) is 6.04 Å². The Morgan fingerprint density at radius 2 is 1.71 bits per heavy atom. The molecule has 2 nitrogen and oxygen atoms in total. The summed E-state index contributed by atoms with van der Waals surface area (Å²) < 4.78 is 0. The Hall–Kier alpha value is -0.790. The third-order valence-corrected chi connectivity index (χ3v) is 2.33. The summed E-state index contributed by atoms with van der Waals surface area (Å²) in [4.78, 5) is 13.5. The number of nitrogens with zero attached hydrogens (tertiary/aromatic N) is 1. The van der Waals surface area contributed by atoms with Crippen LogP contribution in [0.25, 0.3) is 0 Å². The lowest BCUT2D eigenvalue weighted by Gasteiger charge is -2.26. The third-order valence-electron chi connectivity index (χ3n) is 2.33. The Labute approximate surface area is 88.0 Å². The van der Waals surface area contributed by atoms with E-state index in [-0.39, 0.29) is 11.2 Å². The summed E-state index contributed by atoms with van der Waals surface area (Å²) in [6.07, 6.45) is 1.97. The standard InChI is InChI=1S/C12H23NO/c1-9(2)13(7)8-11(10(3)14)12(4,5)6/h8-9H,1-7H3/b11-8-. The molecule has 0 N–H and O–H groups in total. The smallest absolute Gasteiger partial charge is 0.157 e. The van der Waals surface area contributed by atoms with Gasteiger partial charge in [0.1, 0.15) is 0 Å². The number of rotatable bonds is 3. The summed E-state index contributed by atoms with van der Waals surface area (Å²) in [5.74, 6) is 0.157. The lowest BCUT2D eigenvalue weighted by Crippen LogP contribution is -2.25. The van der Waals surface area contributed by atoms with Gasteiger partial charge in [-0.05, 0) is 26.2 Å². The van der Waals surface area contributed by atoms with Crippen molar-refractivity contribution in [2.45, 2.75) is 47.6 Å². The van der Waals surface area contributed by atoms with Gasteiger partial charge in [-0.15, -0.1) is 0 Å². The van der Waals surface area contributed by atoms with Crippen molar-refractivity contribution in [2.24, 2.45) is 5.41 Å². The molecule has 0 unspecified atom stereocenters. The number of hydrogen-bond acceptors (Lipinski definition) is 2. The molecule has 0 aromatic carbocycles. The Kier molecular flexibility index (Phi) is 4.37. The van der Waals surface area contributed by atoms with Crippen LogP contribution in [0.15, 0.2) is 11.8 Å². The van der Waals surface area contributed by atoms with Gasteiger partial charge in [-0.2, -0.15) is 0 Å². The van der Waals surface area contributed by atoms with Crippen LogP contribution in [0.3, 0.4) is 0 Å². The number of ketones is 1. The SMILES string of the molecule is CC(=O)/C(=C/N(C)C(C)C)C(C)(C)C. The molecule has 14 heavy (non-hydrogen) atoms. The molecule has 0 aromatic rings. The maximum absolute atomic E-state index is 11.5. The molecule has 0 radical (unpaired) electrons. The molecule has 0 saturated carbocycles. The molecule has 82 valence electrons. The second-order valence-electron chi connectivity index (χ2n) is 5.11. The number of carbonyl (C=O) groups excluding carboxylic acids is 1. The van der Waals surface area contributed by atoms with Gasteiger partial charge in [-0.25, -0.2) is 0 Å². The van der Waals surface area contributed by atoms with Crippen molar-refractivity contribution in [1.82, 2.24) is 4.90 Å². The molecule has 0 amide bonds. The van der Waals surface area contributed by atoms with Gasteiger partial charge in [-0.1, -0.05) is 20.8 Å². The Morgan fingerprint density at radius 1 is 1.29 bits per heavy atom. The van der Waals surface area contributed by atoms with E-state index >= 15 is 0 Å². The van der Waals surface area contributed by atoms with E-state index in [9.17, 15) is 4.79 Å². The average Bonchev–Trinajstić information content (AvgIpc) is 1.96. The molecule has 2 heteroatoms. The molecule has 0 atom stereocenters. The van der Waals surface area contributed by atoms with Crippen molar-refractivity contribution in [2.75, 3.05) is 7.05 Å². The van der Waals surface area contributed by atoms with Crippen molar-refractivity contribution < 1.29 is 4.79 Å². The summed E-state index contributed by atoms with van der Waals surface area (Å²) >= 11 is 0. The number of allylic oxidation sites excluding steroid dienone is 1. The Balaban J connectivity index is 4.93. The quantitative estimate of drug-likeness (QED) is 0.648. The molecule has 0 aliphatic heterocycles. The average molecular weight is 197 g/mol. The highest BCUT2D eigenvalue weighted by atomic mass is 16.1.